The smallest absolute Gasteiger partial charge is 0.196 e. The van der Waals surface area contributed by atoms with Gasteiger partial charge < -0.3 is 10.2 Å². The molecule has 4 nitrogen and oxygen atoms in total. The second-order valence-corrected chi connectivity index (χ2v) is 5.85. The minimum atomic E-state index is -1.53. The third-order valence-corrected chi connectivity index (χ3v) is 3.78. The van der Waals surface area contributed by atoms with E-state index in [9.17, 15) is 13.2 Å². The van der Waals surface area contributed by atoms with E-state index in [-0.39, 0.29) is 11.5 Å². The van der Waals surface area contributed by atoms with Crippen molar-refractivity contribution in [1.82, 2.24) is 9.97 Å². The maximum absolute atomic E-state index is 13.9. The van der Waals surface area contributed by atoms with E-state index in [4.69, 9.17) is 0 Å². The van der Waals surface area contributed by atoms with E-state index in [1.54, 1.807) is 13.0 Å². The third-order valence-electron chi connectivity index (χ3n) is 3.78. The van der Waals surface area contributed by atoms with Gasteiger partial charge in [-0.1, -0.05) is 30.3 Å². The molecule has 0 aliphatic rings. The van der Waals surface area contributed by atoms with Crippen LogP contribution in [0.15, 0.2) is 48.5 Å². The molecule has 26 heavy (non-hydrogen) atoms. The fourth-order valence-electron chi connectivity index (χ4n) is 2.51. The summed E-state index contributed by atoms with van der Waals surface area (Å²) in [5.41, 5.74) is 0.908. The molecule has 0 amide bonds. The van der Waals surface area contributed by atoms with E-state index >= 15 is 0 Å². The number of halogens is 3. The van der Waals surface area contributed by atoms with Gasteiger partial charge in [0, 0.05) is 19.7 Å². The molecule has 0 unspecified atom stereocenters. The average Bonchev–Trinajstić information content (AvgIpc) is 2.62. The number of aryl methyl sites for hydroxylation is 1. The zero-order valence-electron chi connectivity index (χ0n) is 14.3. The van der Waals surface area contributed by atoms with Crippen LogP contribution in [0.25, 0.3) is 0 Å². The zero-order valence-corrected chi connectivity index (χ0v) is 14.3. The normalized spacial score (nSPS) is 10.7. The highest BCUT2D eigenvalue weighted by Crippen LogP contribution is 2.24. The molecular formula is C19H17F3N4. The summed E-state index contributed by atoms with van der Waals surface area (Å²) in [7, 11) is 1.87. The molecule has 1 heterocycles. The van der Waals surface area contributed by atoms with Gasteiger partial charge in [-0.05, 0) is 24.6 Å². The number of nitrogens with zero attached hydrogens (tertiary/aromatic N) is 3. The van der Waals surface area contributed by atoms with E-state index in [1.165, 1.54) is 0 Å². The van der Waals surface area contributed by atoms with Crippen LogP contribution in [0.2, 0.25) is 0 Å². The van der Waals surface area contributed by atoms with Crippen molar-refractivity contribution >= 4 is 17.3 Å². The molecule has 1 N–H and O–H groups in total. The molecule has 7 heteroatoms. The number of benzene rings is 2. The number of hydrogen-bond donors (Lipinski definition) is 1. The quantitative estimate of drug-likeness (QED) is 0.678. The number of nitrogens with one attached hydrogen (secondary N) is 1. The molecule has 3 aromatic rings. The summed E-state index contributed by atoms with van der Waals surface area (Å²) < 4.78 is 40.3. The monoisotopic (exact) mass is 358 g/mol. The van der Waals surface area contributed by atoms with Crippen LogP contribution < -0.4 is 10.2 Å². The Bertz CT molecular complexity index is 916. The lowest BCUT2D eigenvalue weighted by Crippen LogP contribution is -2.18. The summed E-state index contributed by atoms with van der Waals surface area (Å²) in [5.74, 6) is -2.69. The Hall–Kier alpha value is -3.09. The first-order valence-corrected chi connectivity index (χ1v) is 7.95. The van der Waals surface area contributed by atoms with Gasteiger partial charge in [0.05, 0.1) is 5.69 Å². The van der Waals surface area contributed by atoms with Gasteiger partial charge in [0.1, 0.15) is 17.5 Å². The van der Waals surface area contributed by atoms with Crippen LogP contribution in [0, 0.1) is 24.4 Å². The molecule has 1 aromatic heterocycles. The molecule has 0 spiro atoms. The zero-order chi connectivity index (χ0) is 18.7. The lowest BCUT2D eigenvalue weighted by atomic mass is 10.2. The fourth-order valence-corrected chi connectivity index (χ4v) is 2.51. The van der Waals surface area contributed by atoms with Crippen molar-refractivity contribution in [2.45, 2.75) is 13.5 Å². The molecule has 0 aliphatic carbocycles. The first-order chi connectivity index (χ1) is 12.4. The fraction of sp³-hybridized carbons (Fsp3) is 0.158. The molecule has 3 rings (SSSR count). The summed E-state index contributed by atoms with van der Waals surface area (Å²) >= 11 is 0. The summed E-state index contributed by atoms with van der Waals surface area (Å²) in [5, 5.41) is 2.68. The first kappa shape index (κ1) is 17.7. The van der Waals surface area contributed by atoms with E-state index in [0.717, 1.165) is 17.7 Å². The maximum Gasteiger partial charge on any atom is 0.196 e. The molecular weight excluding hydrogens is 341 g/mol. The molecule has 0 bridgehead atoms. The van der Waals surface area contributed by atoms with Crippen molar-refractivity contribution in [2.24, 2.45) is 0 Å². The van der Waals surface area contributed by atoms with Crippen LogP contribution in [0.5, 0.6) is 0 Å². The highest BCUT2D eigenvalue weighted by molar-refractivity contribution is 5.60. The number of rotatable bonds is 5. The Kier molecular flexibility index (Phi) is 5.06. The van der Waals surface area contributed by atoms with Crippen molar-refractivity contribution < 1.29 is 13.2 Å². The Morgan fingerprint density at radius 2 is 1.69 bits per heavy atom. The van der Waals surface area contributed by atoms with E-state index in [2.05, 4.69) is 15.3 Å². The molecule has 0 aliphatic heterocycles. The lowest BCUT2D eigenvalue weighted by Gasteiger charge is -2.19. The average molecular weight is 358 g/mol. The molecule has 134 valence electrons. The van der Waals surface area contributed by atoms with Crippen LogP contribution in [0.1, 0.15) is 11.4 Å². The van der Waals surface area contributed by atoms with Crippen molar-refractivity contribution in [1.29, 1.82) is 0 Å². The molecule has 0 saturated heterocycles. The van der Waals surface area contributed by atoms with Gasteiger partial charge in [-0.2, -0.15) is 0 Å². The molecule has 0 atom stereocenters. The highest BCUT2D eigenvalue weighted by Gasteiger charge is 2.15. The molecule has 0 fully saturated rings. The van der Waals surface area contributed by atoms with Crippen molar-refractivity contribution in [3.8, 4) is 0 Å². The van der Waals surface area contributed by atoms with E-state index in [1.807, 2.05) is 42.3 Å². The standard InChI is InChI=1S/C19H17F3N4/c1-12-23-16(25-15-9-8-14(20)18(21)19(15)22)10-17(24-12)26(2)11-13-6-4-3-5-7-13/h3-10H,11H2,1-2H3,(H,23,24,25). The van der Waals surface area contributed by atoms with Gasteiger partial charge in [0.2, 0.25) is 0 Å². The highest BCUT2D eigenvalue weighted by atomic mass is 19.2. The minimum Gasteiger partial charge on any atom is -0.355 e. The number of anilines is 3. The largest absolute Gasteiger partial charge is 0.355 e. The lowest BCUT2D eigenvalue weighted by molar-refractivity contribution is 0.449. The Labute approximate surface area is 149 Å². The van der Waals surface area contributed by atoms with Gasteiger partial charge in [0.25, 0.3) is 0 Å². The summed E-state index contributed by atoms with van der Waals surface area (Å²) in [4.78, 5) is 10.5. The molecule has 0 radical (unpaired) electrons. The van der Waals surface area contributed by atoms with Gasteiger partial charge in [-0.15, -0.1) is 0 Å². The first-order valence-electron chi connectivity index (χ1n) is 7.95. The maximum atomic E-state index is 13.9. The van der Waals surface area contributed by atoms with Crippen LogP contribution in [-0.2, 0) is 6.54 Å². The van der Waals surface area contributed by atoms with Crippen LogP contribution in [-0.4, -0.2) is 17.0 Å². The van der Waals surface area contributed by atoms with Crippen molar-refractivity contribution in [3.05, 3.63) is 77.4 Å². The van der Waals surface area contributed by atoms with E-state index < -0.39 is 17.5 Å². The van der Waals surface area contributed by atoms with Crippen LogP contribution in [0.3, 0.4) is 0 Å². The minimum absolute atomic E-state index is 0.196. The summed E-state index contributed by atoms with van der Waals surface area (Å²) in [6.45, 7) is 2.32. The van der Waals surface area contributed by atoms with Crippen LogP contribution >= 0.6 is 0 Å². The van der Waals surface area contributed by atoms with Crippen molar-refractivity contribution in [3.63, 3.8) is 0 Å². The molecule has 0 saturated carbocycles. The Morgan fingerprint density at radius 3 is 2.42 bits per heavy atom. The SMILES string of the molecule is Cc1nc(Nc2ccc(F)c(F)c2F)cc(N(C)Cc2ccccc2)n1. The second-order valence-electron chi connectivity index (χ2n) is 5.85. The summed E-state index contributed by atoms with van der Waals surface area (Å²) in [6, 6.07) is 13.4. The van der Waals surface area contributed by atoms with Gasteiger partial charge in [-0.25, -0.2) is 23.1 Å². The topological polar surface area (TPSA) is 41.1 Å². The predicted molar refractivity (Wildman–Crippen MR) is 94.9 cm³/mol. The summed E-state index contributed by atoms with van der Waals surface area (Å²) in [6.07, 6.45) is 0. The van der Waals surface area contributed by atoms with Gasteiger partial charge >= 0.3 is 0 Å². The van der Waals surface area contributed by atoms with Gasteiger partial charge in [0.15, 0.2) is 17.5 Å². The Balaban J connectivity index is 1.85. The van der Waals surface area contributed by atoms with Gasteiger partial charge in [-0.3, -0.25) is 0 Å². The Morgan fingerprint density at radius 1 is 0.962 bits per heavy atom. The second kappa shape index (κ2) is 7.43. The third kappa shape index (κ3) is 3.93. The van der Waals surface area contributed by atoms with Crippen LogP contribution in [0.4, 0.5) is 30.5 Å². The number of hydrogen-bond acceptors (Lipinski definition) is 4. The van der Waals surface area contributed by atoms with Crippen molar-refractivity contribution in [2.75, 3.05) is 17.3 Å². The predicted octanol–water partition coefficient (Wildman–Crippen LogP) is 4.58. The van der Waals surface area contributed by atoms with E-state index in [0.29, 0.717) is 18.2 Å². The number of aromatic nitrogens is 2. The molecule has 2 aromatic carbocycles.